The number of aromatic amines is 1. The average Bonchev–Trinajstić information content (AvgIpc) is 3.21. The number of hydrogen-bond donors (Lipinski definition) is 1. The summed E-state index contributed by atoms with van der Waals surface area (Å²) in [5, 5.41) is 10.5. The molecule has 2 heterocycles. The fourth-order valence-corrected chi connectivity index (χ4v) is 2.98. The Bertz CT molecular complexity index is 1010. The van der Waals surface area contributed by atoms with E-state index in [1.54, 1.807) is 30.1 Å². The molecule has 4 rings (SSSR count). The first-order chi connectivity index (χ1) is 11.2. The van der Waals surface area contributed by atoms with Gasteiger partial charge in [-0.1, -0.05) is 6.07 Å². The van der Waals surface area contributed by atoms with E-state index < -0.39 is 0 Å². The van der Waals surface area contributed by atoms with Gasteiger partial charge in [-0.05, 0) is 35.9 Å². The summed E-state index contributed by atoms with van der Waals surface area (Å²) in [7, 11) is 1.78. The number of H-pyrrole nitrogens is 1. The van der Waals surface area contributed by atoms with Crippen LogP contribution < -0.4 is 0 Å². The van der Waals surface area contributed by atoms with Crippen molar-refractivity contribution in [3.05, 3.63) is 47.5 Å². The van der Waals surface area contributed by atoms with E-state index in [2.05, 4.69) is 24.2 Å². The summed E-state index contributed by atoms with van der Waals surface area (Å²) in [6.07, 6.45) is 0. The Hall–Kier alpha value is -2.87. The largest absolute Gasteiger partial charge is 0.337 e. The lowest BCUT2D eigenvalue weighted by Crippen LogP contribution is -2.26. The molecule has 0 bridgehead atoms. The van der Waals surface area contributed by atoms with Crippen molar-refractivity contribution >= 4 is 39.7 Å². The molecule has 0 aliphatic carbocycles. The number of benzene rings is 2. The minimum atomic E-state index is -0.0635. The van der Waals surface area contributed by atoms with Crippen LogP contribution in [-0.2, 0) is 6.54 Å². The monoisotopic (exact) mass is 324 g/mol. The van der Waals surface area contributed by atoms with Gasteiger partial charge in [0.15, 0.2) is 0 Å². The summed E-state index contributed by atoms with van der Waals surface area (Å²) in [5.74, 6) is -0.0635. The molecule has 23 heavy (non-hydrogen) atoms. The maximum Gasteiger partial charge on any atom is 0.253 e. The number of nitrogens with one attached hydrogen (secondary N) is 1. The van der Waals surface area contributed by atoms with Gasteiger partial charge in [-0.2, -0.15) is 24.2 Å². The van der Waals surface area contributed by atoms with Crippen molar-refractivity contribution in [3.8, 4) is 0 Å². The lowest BCUT2D eigenvalue weighted by molar-refractivity contribution is 0.0785. The highest BCUT2D eigenvalue weighted by molar-refractivity contribution is 7.00. The molecule has 0 fully saturated rings. The Morgan fingerprint density at radius 1 is 1.04 bits per heavy atom. The number of nitrogens with zero attached hydrogens (tertiary/aromatic N) is 5. The van der Waals surface area contributed by atoms with Crippen LogP contribution in [0.5, 0.6) is 0 Å². The Kier molecular flexibility index (Phi) is 3.23. The van der Waals surface area contributed by atoms with Crippen molar-refractivity contribution in [2.45, 2.75) is 6.54 Å². The summed E-state index contributed by atoms with van der Waals surface area (Å²) in [5.41, 5.74) is 4.76. The van der Waals surface area contributed by atoms with Gasteiger partial charge in [0.1, 0.15) is 22.1 Å². The molecular weight excluding hydrogens is 312 g/mol. The number of amides is 1. The molecule has 7 nitrogen and oxygen atoms in total. The molecule has 1 N–H and O–H groups in total. The van der Waals surface area contributed by atoms with Crippen LogP contribution in [0.25, 0.3) is 22.1 Å². The smallest absolute Gasteiger partial charge is 0.253 e. The highest BCUT2D eigenvalue weighted by atomic mass is 32.1. The van der Waals surface area contributed by atoms with Gasteiger partial charge in [0.25, 0.3) is 5.91 Å². The highest BCUT2D eigenvalue weighted by Crippen LogP contribution is 2.17. The van der Waals surface area contributed by atoms with E-state index in [0.29, 0.717) is 17.6 Å². The normalized spacial score (nSPS) is 11.2. The molecule has 0 saturated carbocycles. The maximum absolute atomic E-state index is 12.6. The van der Waals surface area contributed by atoms with E-state index >= 15 is 0 Å². The van der Waals surface area contributed by atoms with E-state index in [0.717, 1.165) is 22.1 Å². The summed E-state index contributed by atoms with van der Waals surface area (Å²) < 4.78 is 8.41. The highest BCUT2D eigenvalue weighted by Gasteiger charge is 2.14. The van der Waals surface area contributed by atoms with Gasteiger partial charge in [-0.15, -0.1) is 0 Å². The number of hydrogen-bond acceptors (Lipinski definition) is 6. The third-order valence-electron chi connectivity index (χ3n) is 3.65. The molecule has 0 unspecified atom stereocenters. The molecule has 0 radical (unpaired) electrons. The Balaban J connectivity index is 1.57. The van der Waals surface area contributed by atoms with Crippen LogP contribution in [0.1, 0.15) is 15.9 Å². The van der Waals surface area contributed by atoms with E-state index in [-0.39, 0.29) is 5.91 Å². The third kappa shape index (κ3) is 2.53. The first kappa shape index (κ1) is 13.8. The van der Waals surface area contributed by atoms with Crippen LogP contribution in [0, 0.1) is 0 Å². The van der Waals surface area contributed by atoms with E-state index in [9.17, 15) is 4.79 Å². The summed E-state index contributed by atoms with van der Waals surface area (Å²) >= 11 is 1.19. The van der Waals surface area contributed by atoms with Gasteiger partial charge in [0.05, 0.1) is 11.7 Å². The van der Waals surface area contributed by atoms with Crippen LogP contribution in [-0.4, -0.2) is 42.0 Å². The van der Waals surface area contributed by atoms with Crippen LogP contribution in [0.3, 0.4) is 0 Å². The second kappa shape index (κ2) is 5.40. The van der Waals surface area contributed by atoms with Gasteiger partial charge < -0.3 is 4.90 Å². The van der Waals surface area contributed by atoms with Gasteiger partial charge in [-0.3, -0.25) is 4.79 Å². The Labute approximate surface area is 135 Å². The Morgan fingerprint density at radius 2 is 1.83 bits per heavy atom. The summed E-state index contributed by atoms with van der Waals surface area (Å²) in [6, 6.07) is 11.1. The topological polar surface area (TPSA) is 87.7 Å². The van der Waals surface area contributed by atoms with Gasteiger partial charge in [0, 0.05) is 19.2 Å². The van der Waals surface area contributed by atoms with Crippen molar-refractivity contribution in [2.24, 2.45) is 0 Å². The van der Waals surface area contributed by atoms with E-state index in [1.807, 2.05) is 18.2 Å². The molecular formula is C15H12N6OS. The van der Waals surface area contributed by atoms with Gasteiger partial charge >= 0.3 is 0 Å². The third-order valence-corrected chi connectivity index (χ3v) is 4.20. The predicted octanol–water partition coefficient (Wildman–Crippen LogP) is 2.23. The lowest BCUT2D eigenvalue weighted by atomic mass is 10.1. The number of carbonyl (C=O) groups is 1. The molecule has 2 aromatic heterocycles. The summed E-state index contributed by atoms with van der Waals surface area (Å²) in [6.45, 7) is 0.503. The molecule has 0 spiro atoms. The number of fused-ring (bicyclic) bond motifs is 2. The Morgan fingerprint density at radius 3 is 2.74 bits per heavy atom. The van der Waals surface area contributed by atoms with Crippen molar-refractivity contribution < 1.29 is 4.79 Å². The van der Waals surface area contributed by atoms with Crippen LogP contribution in [0.2, 0.25) is 0 Å². The fraction of sp³-hybridized carbons (Fsp3) is 0.133. The zero-order chi connectivity index (χ0) is 15.8. The zero-order valence-electron chi connectivity index (χ0n) is 12.2. The van der Waals surface area contributed by atoms with Gasteiger partial charge in [-0.25, -0.2) is 0 Å². The molecule has 0 saturated heterocycles. The zero-order valence-corrected chi connectivity index (χ0v) is 13.0. The van der Waals surface area contributed by atoms with Crippen molar-refractivity contribution in [2.75, 3.05) is 7.05 Å². The van der Waals surface area contributed by atoms with E-state index in [4.69, 9.17) is 0 Å². The summed E-state index contributed by atoms with van der Waals surface area (Å²) in [4.78, 5) is 14.2. The van der Waals surface area contributed by atoms with Crippen molar-refractivity contribution in [1.29, 1.82) is 0 Å². The molecule has 0 aliphatic rings. The second-order valence-electron chi connectivity index (χ2n) is 5.28. The molecule has 8 heteroatoms. The molecule has 0 atom stereocenters. The first-order valence-electron chi connectivity index (χ1n) is 6.98. The van der Waals surface area contributed by atoms with Gasteiger partial charge in [0.2, 0.25) is 0 Å². The number of rotatable bonds is 3. The molecule has 0 aliphatic heterocycles. The van der Waals surface area contributed by atoms with Crippen LogP contribution in [0.15, 0.2) is 36.4 Å². The molecule has 114 valence electrons. The second-order valence-corrected chi connectivity index (χ2v) is 5.80. The predicted molar refractivity (Wildman–Crippen MR) is 87.1 cm³/mol. The minimum absolute atomic E-state index is 0.0635. The average molecular weight is 324 g/mol. The van der Waals surface area contributed by atoms with Crippen LogP contribution in [0.4, 0.5) is 0 Å². The van der Waals surface area contributed by atoms with E-state index in [1.165, 1.54) is 11.7 Å². The first-order valence-corrected chi connectivity index (χ1v) is 7.71. The van der Waals surface area contributed by atoms with Crippen molar-refractivity contribution in [3.63, 3.8) is 0 Å². The van der Waals surface area contributed by atoms with Crippen LogP contribution >= 0.6 is 11.7 Å². The maximum atomic E-state index is 12.6. The van der Waals surface area contributed by atoms with Crippen molar-refractivity contribution in [1.82, 2.24) is 29.1 Å². The standard InChI is InChI=1S/C15H12N6OS/c1-21(8-9-2-4-12-14(6-9)19-23-18-12)15(22)10-3-5-11-13(7-10)17-20-16-11/h2-7H,8H2,1H3,(H,16,17,20). The SMILES string of the molecule is CN(Cc1ccc2nsnc2c1)C(=O)c1ccc2n[nH]nc2c1. The number of aromatic nitrogens is 5. The number of carbonyl (C=O) groups excluding carboxylic acids is 1. The quantitative estimate of drug-likeness (QED) is 0.624. The molecule has 4 aromatic rings. The fourth-order valence-electron chi connectivity index (χ4n) is 2.47. The lowest BCUT2D eigenvalue weighted by Gasteiger charge is -2.17. The molecule has 2 aromatic carbocycles. The minimum Gasteiger partial charge on any atom is -0.337 e. The molecule has 1 amide bonds.